The van der Waals surface area contributed by atoms with Gasteiger partial charge in [0.2, 0.25) is 0 Å². The summed E-state index contributed by atoms with van der Waals surface area (Å²) in [6.45, 7) is 4.17. The van der Waals surface area contributed by atoms with Gasteiger partial charge in [-0.15, -0.1) is 0 Å². The first-order chi connectivity index (χ1) is 8.29. The molecule has 0 amide bonds. The predicted octanol–water partition coefficient (Wildman–Crippen LogP) is 2.86. The summed E-state index contributed by atoms with van der Waals surface area (Å²) in [6.07, 6.45) is 10.6. The minimum atomic E-state index is 0.198. The number of nitrogens with two attached hydrogens (primary N) is 1. The smallest absolute Gasteiger partial charge is 0.0593 e. The molecular weight excluding hydrogens is 212 g/mol. The topological polar surface area (TPSA) is 40.2 Å². The first kappa shape index (κ1) is 12.7. The third-order valence-corrected chi connectivity index (χ3v) is 3.53. The van der Waals surface area contributed by atoms with Crippen LogP contribution in [0.1, 0.15) is 50.6 Å². The summed E-state index contributed by atoms with van der Waals surface area (Å²) < 4.78 is 7.87. The highest BCUT2D eigenvalue weighted by Gasteiger charge is 2.15. The van der Waals surface area contributed by atoms with Gasteiger partial charge in [0.15, 0.2) is 0 Å². The molecular formula is C14H24N2O. The van der Waals surface area contributed by atoms with Crippen LogP contribution in [-0.4, -0.2) is 17.3 Å². The molecule has 0 saturated carbocycles. The van der Waals surface area contributed by atoms with Crippen LogP contribution in [0.5, 0.6) is 0 Å². The maximum Gasteiger partial charge on any atom is 0.0593 e. The lowest BCUT2D eigenvalue weighted by Gasteiger charge is -2.10. The molecule has 1 aromatic rings. The lowest BCUT2D eigenvalue weighted by Crippen LogP contribution is -2.10. The van der Waals surface area contributed by atoms with Gasteiger partial charge in [0.25, 0.3) is 0 Å². The van der Waals surface area contributed by atoms with Gasteiger partial charge >= 0.3 is 0 Å². The highest BCUT2D eigenvalue weighted by atomic mass is 16.5. The molecule has 2 N–H and O–H groups in total. The Labute approximate surface area is 104 Å². The summed E-state index contributed by atoms with van der Waals surface area (Å²) in [4.78, 5) is 0. The van der Waals surface area contributed by atoms with E-state index in [9.17, 15) is 0 Å². The van der Waals surface area contributed by atoms with Gasteiger partial charge in [0, 0.05) is 31.6 Å². The average molecular weight is 236 g/mol. The van der Waals surface area contributed by atoms with E-state index in [1.165, 1.54) is 18.4 Å². The maximum atomic E-state index is 6.10. The lowest BCUT2D eigenvalue weighted by molar-refractivity contribution is 0.100. The van der Waals surface area contributed by atoms with E-state index in [4.69, 9.17) is 10.5 Å². The minimum absolute atomic E-state index is 0.198. The first-order valence-electron chi connectivity index (χ1n) is 6.82. The van der Waals surface area contributed by atoms with Crippen molar-refractivity contribution >= 4 is 0 Å². The second-order valence-electron chi connectivity index (χ2n) is 5.00. The fraction of sp³-hybridized carbons (Fsp3) is 0.714. The molecule has 3 heteroatoms. The van der Waals surface area contributed by atoms with E-state index in [2.05, 4.69) is 30.0 Å². The number of rotatable bonds is 6. The molecule has 2 rings (SSSR count). The largest absolute Gasteiger partial charge is 0.378 e. The van der Waals surface area contributed by atoms with E-state index < -0.39 is 0 Å². The van der Waals surface area contributed by atoms with Gasteiger partial charge in [0.05, 0.1) is 6.10 Å². The van der Waals surface area contributed by atoms with Crippen LogP contribution in [0, 0.1) is 0 Å². The van der Waals surface area contributed by atoms with E-state index in [0.29, 0.717) is 6.10 Å². The Morgan fingerprint density at radius 3 is 3.18 bits per heavy atom. The van der Waals surface area contributed by atoms with Crippen molar-refractivity contribution in [2.45, 2.75) is 57.7 Å². The van der Waals surface area contributed by atoms with Crippen molar-refractivity contribution in [2.24, 2.45) is 5.73 Å². The Hall–Kier alpha value is -0.800. The van der Waals surface area contributed by atoms with Crippen LogP contribution in [0.25, 0.3) is 0 Å². The van der Waals surface area contributed by atoms with Crippen LogP contribution in [0.15, 0.2) is 18.5 Å². The molecule has 0 radical (unpaired) electrons. The van der Waals surface area contributed by atoms with Crippen molar-refractivity contribution < 1.29 is 4.74 Å². The molecule has 1 aromatic heterocycles. The van der Waals surface area contributed by atoms with E-state index in [1.54, 1.807) is 0 Å². The van der Waals surface area contributed by atoms with Crippen LogP contribution in [0.2, 0.25) is 0 Å². The van der Waals surface area contributed by atoms with Gasteiger partial charge in [-0.05, 0) is 37.3 Å². The molecule has 1 fully saturated rings. The first-order valence-corrected chi connectivity index (χ1v) is 6.82. The second-order valence-corrected chi connectivity index (χ2v) is 5.00. The van der Waals surface area contributed by atoms with Crippen molar-refractivity contribution in [1.29, 1.82) is 0 Å². The number of ether oxygens (including phenoxy) is 1. The molecule has 2 unspecified atom stereocenters. The zero-order chi connectivity index (χ0) is 12.1. The SMILES string of the molecule is CCCC(N)c1ccn(CCC2CCCO2)c1. The van der Waals surface area contributed by atoms with Crippen LogP contribution < -0.4 is 5.73 Å². The van der Waals surface area contributed by atoms with Gasteiger partial charge in [-0.25, -0.2) is 0 Å². The molecule has 0 bridgehead atoms. The average Bonchev–Trinajstić information content (AvgIpc) is 2.98. The molecule has 2 atom stereocenters. The monoisotopic (exact) mass is 236 g/mol. The highest BCUT2D eigenvalue weighted by molar-refractivity contribution is 5.14. The standard InChI is InChI=1S/C14H24N2O/c1-2-4-14(15)12-6-8-16(11-12)9-7-13-5-3-10-17-13/h6,8,11,13-14H,2-5,7,9-10,15H2,1H3. The van der Waals surface area contributed by atoms with E-state index in [-0.39, 0.29) is 6.04 Å². The van der Waals surface area contributed by atoms with Crippen LogP contribution in [0.4, 0.5) is 0 Å². The molecule has 0 aromatic carbocycles. The molecule has 3 nitrogen and oxygen atoms in total. The molecule has 1 aliphatic rings. The quantitative estimate of drug-likeness (QED) is 0.825. The number of aryl methyl sites for hydroxylation is 1. The normalized spacial score (nSPS) is 21.9. The fourth-order valence-electron chi connectivity index (χ4n) is 2.46. The predicted molar refractivity (Wildman–Crippen MR) is 69.9 cm³/mol. The fourth-order valence-corrected chi connectivity index (χ4v) is 2.46. The Kier molecular flexibility index (Phi) is 4.63. The van der Waals surface area contributed by atoms with E-state index in [0.717, 1.165) is 32.4 Å². The Bertz CT molecular complexity index is 329. The summed E-state index contributed by atoms with van der Waals surface area (Å²) in [5.41, 5.74) is 7.36. The zero-order valence-corrected chi connectivity index (χ0v) is 10.8. The van der Waals surface area contributed by atoms with Crippen molar-refractivity contribution in [3.63, 3.8) is 0 Å². The Morgan fingerprint density at radius 2 is 2.47 bits per heavy atom. The van der Waals surface area contributed by atoms with Crippen LogP contribution >= 0.6 is 0 Å². The number of nitrogens with zero attached hydrogens (tertiary/aromatic N) is 1. The van der Waals surface area contributed by atoms with Crippen molar-refractivity contribution in [3.05, 3.63) is 24.0 Å². The molecule has 0 aliphatic carbocycles. The van der Waals surface area contributed by atoms with Crippen LogP contribution in [-0.2, 0) is 11.3 Å². The molecule has 1 saturated heterocycles. The second kappa shape index (κ2) is 6.22. The van der Waals surface area contributed by atoms with Crippen molar-refractivity contribution in [1.82, 2.24) is 4.57 Å². The minimum Gasteiger partial charge on any atom is -0.378 e. The molecule has 17 heavy (non-hydrogen) atoms. The summed E-state index contributed by atoms with van der Waals surface area (Å²) >= 11 is 0. The number of hydrogen-bond donors (Lipinski definition) is 1. The van der Waals surface area contributed by atoms with Gasteiger partial charge in [-0.3, -0.25) is 0 Å². The van der Waals surface area contributed by atoms with E-state index >= 15 is 0 Å². The van der Waals surface area contributed by atoms with Gasteiger partial charge in [-0.2, -0.15) is 0 Å². The summed E-state index contributed by atoms with van der Waals surface area (Å²) in [6, 6.07) is 2.35. The molecule has 1 aliphatic heterocycles. The molecule has 0 spiro atoms. The molecule has 2 heterocycles. The Morgan fingerprint density at radius 1 is 1.59 bits per heavy atom. The van der Waals surface area contributed by atoms with Crippen molar-refractivity contribution in [2.75, 3.05) is 6.61 Å². The summed E-state index contributed by atoms with van der Waals surface area (Å²) in [5, 5.41) is 0. The van der Waals surface area contributed by atoms with Gasteiger partial charge in [-0.1, -0.05) is 13.3 Å². The summed E-state index contributed by atoms with van der Waals surface area (Å²) in [7, 11) is 0. The van der Waals surface area contributed by atoms with Gasteiger partial charge in [0.1, 0.15) is 0 Å². The highest BCUT2D eigenvalue weighted by Crippen LogP contribution is 2.18. The third kappa shape index (κ3) is 3.58. The van der Waals surface area contributed by atoms with Crippen molar-refractivity contribution in [3.8, 4) is 0 Å². The third-order valence-electron chi connectivity index (χ3n) is 3.53. The summed E-state index contributed by atoms with van der Waals surface area (Å²) in [5.74, 6) is 0. The number of hydrogen-bond acceptors (Lipinski definition) is 2. The zero-order valence-electron chi connectivity index (χ0n) is 10.8. The van der Waals surface area contributed by atoms with E-state index in [1.807, 2.05) is 0 Å². The lowest BCUT2D eigenvalue weighted by atomic mass is 10.1. The Balaban J connectivity index is 1.80. The van der Waals surface area contributed by atoms with Crippen LogP contribution in [0.3, 0.4) is 0 Å². The molecule has 96 valence electrons. The maximum absolute atomic E-state index is 6.10. The van der Waals surface area contributed by atoms with Gasteiger partial charge < -0.3 is 15.0 Å². The number of aromatic nitrogens is 1.